The van der Waals surface area contributed by atoms with E-state index in [1.54, 1.807) is 0 Å². The van der Waals surface area contributed by atoms with Crippen LogP contribution in [0.3, 0.4) is 0 Å². The number of rotatable bonds is 6. The second-order valence-corrected chi connectivity index (χ2v) is 9.79. The SMILES string of the molecule is NC(=O)C1C2CCC(C2)C1Nc1nc(Nc2ccc(N3CCCCC3)cc2)nc2[nH]ccc12. The van der Waals surface area contributed by atoms with Gasteiger partial charge in [0.1, 0.15) is 11.5 Å². The summed E-state index contributed by atoms with van der Waals surface area (Å²) in [6.45, 7) is 2.26. The largest absolute Gasteiger partial charge is 0.372 e. The van der Waals surface area contributed by atoms with Crippen molar-refractivity contribution in [3.8, 4) is 0 Å². The van der Waals surface area contributed by atoms with Crippen LogP contribution in [0.2, 0.25) is 0 Å². The molecule has 8 heteroatoms. The van der Waals surface area contributed by atoms with E-state index < -0.39 is 0 Å². The van der Waals surface area contributed by atoms with Gasteiger partial charge in [0.25, 0.3) is 0 Å². The number of hydrogen-bond acceptors (Lipinski definition) is 6. The Kier molecular flexibility index (Phi) is 5.08. The summed E-state index contributed by atoms with van der Waals surface area (Å²) in [6.07, 6.45) is 9.03. The quantitative estimate of drug-likeness (QED) is 0.456. The number of benzene rings is 1. The standard InChI is InChI=1S/C25H31N7O/c26-22(33)20-15-4-5-16(14-15)21(20)29-24-19-10-11-27-23(19)30-25(31-24)28-17-6-8-18(9-7-17)32-12-2-1-3-13-32/h6-11,15-16,20-21H,1-5,12-14H2,(H2,26,33)(H3,27,28,29,30,31). The molecule has 4 atom stereocenters. The fourth-order valence-corrected chi connectivity index (χ4v) is 6.21. The van der Waals surface area contributed by atoms with Gasteiger partial charge < -0.3 is 26.3 Å². The number of nitrogens with two attached hydrogens (primary N) is 1. The van der Waals surface area contributed by atoms with E-state index in [1.807, 2.05) is 12.3 Å². The topological polar surface area (TPSA) is 112 Å². The van der Waals surface area contributed by atoms with Gasteiger partial charge in [0, 0.05) is 36.7 Å². The molecule has 2 aromatic heterocycles. The molecule has 1 aliphatic heterocycles. The molecule has 2 bridgehead atoms. The third-order valence-corrected chi connectivity index (χ3v) is 7.81. The molecule has 0 spiro atoms. The summed E-state index contributed by atoms with van der Waals surface area (Å²) in [5, 5.41) is 7.87. The van der Waals surface area contributed by atoms with Crippen LogP contribution < -0.4 is 21.3 Å². The molecule has 5 N–H and O–H groups in total. The van der Waals surface area contributed by atoms with Gasteiger partial charge in [0.2, 0.25) is 11.9 Å². The minimum Gasteiger partial charge on any atom is -0.372 e. The van der Waals surface area contributed by atoms with Crippen LogP contribution in [0.1, 0.15) is 38.5 Å². The second-order valence-electron chi connectivity index (χ2n) is 9.79. The van der Waals surface area contributed by atoms with Gasteiger partial charge in [-0.3, -0.25) is 4.79 Å². The van der Waals surface area contributed by atoms with Gasteiger partial charge in [-0.05, 0) is 80.7 Å². The van der Waals surface area contributed by atoms with Crippen molar-refractivity contribution < 1.29 is 4.79 Å². The zero-order valence-electron chi connectivity index (χ0n) is 18.8. The Hall–Kier alpha value is -3.29. The Morgan fingerprint density at radius 2 is 1.82 bits per heavy atom. The minimum atomic E-state index is -0.203. The molecule has 172 valence electrons. The second kappa shape index (κ2) is 8.24. The monoisotopic (exact) mass is 445 g/mol. The van der Waals surface area contributed by atoms with Crippen LogP contribution in [-0.2, 0) is 4.79 Å². The average Bonchev–Trinajstić information content (AvgIpc) is 3.56. The Morgan fingerprint density at radius 1 is 1.03 bits per heavy atom. The summed E-state index contributed by atoms with van der Waals surface area (Å²) in [5.74, 6) is 1.80. The first-order valence-electron chi connectivity index (χ1n) is 12.2. The van der Waals surface area contributed by atoms with E-state index >= 15 is 0 Å². The number of H-pyrrole nitrogens is 1. The fourth-order valence-electron chi connectivity index (χ4n) is 6.21. The molecule has 4 unspecified atom stereocenters. The lowest BCUT2D eigenvalue weighted by molar-refractivity contribution is -0.123. The Balaban J connectivity index is 1.24. The number of amides is 1. The van der Waals surface area contributed by atoms with Crippen molar-refractivity contribution in [2.24, 2.45) is 23.5 Å². The van der Waals surface area contributed by atoms with Crippen molar-refractivity contribution in [2.45, 2.75) is 44.6 Å². The van der Waals surface area contributed by atoms with Crippen LogP contribution in [0.15, 0.2) is 36.5 Å². The number of hydrogen-bond donors (Lipinski definition) is 4. The molecule has 3 aromatic rings. The summed E-state index contributed by atoms with van der Waals surface area (Å²) in [4.78, 5) is 27.3. The molecule has 3 aliphatic rings. The number of aromatic amines is 1. The Labute approximate surface area is 193 Å². The van der Waals surface area contributed by atoms with Gasteiger partial charge in [-0.15, -0.1) is 0 Å². The zero-order valence-corrected chi connectivity index (χ0v) is 18.8. The van der Waals surface area contributed by atoms with Crippen molar-refractivity contribution >= 4 is 40.1 Å². The van der Waals surface area contributed by atoms with Crippen LogP contribution in [0.25, 0.3) is 11.0 Å². The summed E-state index contributed by atoms with van der Waals surface area (Å²) in [6, 6.07) is 10.5. The number of fused-ring (bicyclic) bond motifs is 3. The summed E-state index contributed by atoms with van der Waals surface area (Å²) in [7, 11) is 0. The van der Waals surface area contributed by atoms with Gasteiger partial charge in [-0.1, -0.05) is 0 Å². The molecule has 2 saturated carbocycles. The number of anilines is 4. The summed E-state index contributed by atoms with van der Waals surface area (Å²) in [5.41, 5.74) is 8.76. The first kappa shape index (κ1) is 20.3. The Bertz CT molecular complexity index is 1150. The van der Waals surface area contributed by atoms with E-state index in [4.69, 9.17) is 10.7 Å². The van der Waals surface area contributed by atoms with Gasteiger partial charge in [0.05, 0.1) is 11.3 Å². The number of nitrogens with zero attached hydrogens (tertiary/aromatic N) is 3. The van der Waals surface area contributed by atoms with Crippen LogP contribution >= 0.6 is 0 Å². The first-order chi connectivity index (χ1) is 16.2. The van der Waals surface area contributed by atoms with Crippen molar-refractivity contribution in [1.29, 1.82) is 0 Å². The highest BCUT2D eigenvalue weighted by atomic mass is 16.1. The number of carbonyl (C=O) groups excluding carboxylic acids is 1. The molecule has 6 rings (SSSR count). The van der Waals surface area contributed by atoms with E-state index in [1.165, 1.54) is 24.9 Å². The van der Waals surface area contributed by atoms with Crippen molar-refractivity contribution in [2.75, 3.05) is 28.6 Å². The number of carbonyl (C=O) groups is 1. The summed E-state index contributed by atoms with van der Waals surface area (Å²) < 4.78 is 0. The number of nitrogens with one attached hydrogen (secondary N) is 3. The molecule has 1 aromatic carbocycles. The highest BCUT2D eigenvalue weighted by Crippen LogP contribution is 2.49. The number of aromatic nitrogens is 3. The van der Waals surface area contributed by atoms with E-state index in [0.717, 1.165) is 54.9 Å². The van der Waals surface area contributed by atoms with E-state index in [9.17, 15) is 4.79 Å². The van der Waals surface area contributed by atoms with Crippen molar-refractivity contribution in [3.63, 3.8) is 0 Å². The van der Waals surface area contributed by atoms with Crippen LogP contribution in [-0.4, -0.2) is 40.0 Å². The molecular formula is C25H31N7O. The first-order valence-corrected chi connectivity index (χ1v) is 12.2. The van der Waals surface area contributed by atoms with Crippen molar-refractivity contribution in [1.82, 2.24) is 15.0 Å². The van der Waals surface area contributed by atoms with Crippen LogP contribution in [0.5, 0.6) is 0 Å². The minimum absolute atomic E-state index is 0.0333. The normalized spacial score (nSPS) is 26.6. The Morgan fingerprint density at radius 3 is 2.61 bits per heavy atom. The summed E-state index contributed by atoms with van der Waals surface area (Å²) >= 11 is 0. The molecule has 3 fully saturated rings. The molecule has 3 heterocycles. The van der Waals surface area contributed by atoms with E-state index in [0.29, 0.717) is 17.8 Å². The lowest BCUT2D eigenvalue weighted by Crippen LogP contribution is -2.42. The zero-order chi connectivity index (χ0) is 22.4. The maximum absolute atomic E-state index is 12.2. The van der Waals surface area contributed by atoms with Gasteiger partial charge in [-0.2, -0.15) is 9.97 Å². The number of primary amides is 1. The van der Waals surface area contributed by atoms with E-state index in [-0.39, 0.29) is 17.9 Å². The maximum atomic E-state index is 12.2. The smallest absolute Gasteiger partial charge is 0.231 e. The molecule has 1 amide bonds. The van der Waals surface area contributed by atoms with Crippen LogP contribution in [0, 0.1) is 17.8 Å². The highest BCUT2D eigenvalue weighted by molar-refractivity contribution is 5.89. The average molecular weight is 446 g/mol. The maximum Gasteiger partial charge on any atom is 0.231 e. The fraction of sp³-hybridized carbons (Fsp3) is 0.480. The molecule has 2 aliphatic carbocycles. The van der Waals surface area contributed by atoms with Gasteiger partial charge in [0.15, 0.2) is 0 Å². The van der Waals surface area contributed by atoms with Gasteiger partial charge in [-0.25, -0.2) is 0 Å². The molecule has 0 radical (unpaired) electrons. The van der Waals surface area contributed by atoms with Crippen LogP contribution in [0.4, 0.5) is 23.1 Å². The lowest BCUT2D eigenvalue weighted by atomic mass is 9.84. The lowest BCUT2D eigenvalue weighted by Gasteiger charge is -2.30. The molecule has 33 heavy (non-hydrogen) atoms. The third-order valence-electron chi connectivity index (χ3n) is 7.81. The predicted molar refractivity (Wildman–Crippen MR) is 131 cm³/mol. The van der Waals surface area contributed by atoms with Gasteiger partial charge >= 0.3 is 0 Å². The number of piperidine rings is 1. The molecule has 8 nitrogen and oxygen atoms in total. The molecule has 1 saturated heterocycles. The van der Waals surface area contributed by atoms with Crippen molar-refractivity contribution in [3.05, 3.63) is 36.5 Å². The third kappa shape index (κ3) is 3.77. The van der Waals surface area contributed by atoms with E-state index in [2.05, 4.69) is 49.8 Å². The molecular weight excluding hydrogens is 414 g/mol. The highest BCUT2D eigenvalue weighted by Gasteiger charge is 2.50. The predicted octanol–water partition coefficient (Wildman–Crippen LogP) is 4.00.